The molecule has 0 radical (unpaired) electrons. The van der Waals surface area contributed by atoms with Crippen LogP contribution in [0.15, 0.2) is 47.4 Å². The molecule has 2 aromatic carbocycles. The molecule has 0 atom stereocenters. The Morgan fingerprint density at radius 3 is 2.22 bits per heavy atom. The molecule has 0 saturated heterocycles. The minimum atomic E-state index is -3.50. The predicted molar refractivity (Wildman–Crippen MR) is 98.9 cm³/mol. The molecule has 0 saturated carbocycles. The summed E-state index contributed by atoms with van der Waals surface area (Å²) in [6.07, 6.45) is 0.445. The zero-order valence-electron chi connectivity index (χ0n) is 15.2. The van der Waals surface area contributed by atoms with E-state index in [2.05, 4.69) is 5.32 Å². The van der Waals surface area contributed by atoms with Crippen molar-refractivity contribution >= 4 is 15.9 Å². The number of nitrogens with one attached hydrogen (secondary N) is 1. The quantitative estimate of drug-likeness (QED) is 0.746. The number of carbonyl (C=O) groups excluding carboxylic acids is 1. The van der Waals surface area contributed by atoms with Crippen molar-refractivity contribution in [3.05, 3.63) is 65.2 Å². The summed E-state index contributed by atoms with van der Waals surface area (Å²) >= 11 is 0. The summed E-state index contributed by atoms with van der Waals surface area (Å²) in [4.78, 5) is 12.2. The normalized spacial score (nSPS) is 11.6. The fourth-order valence-electron chi connectivity index (χ4n) is 2.63. The van der Waals surface area contributed by atoms with Gasteiger partial charge in [0.25, 0.3) is 5.91 Å². The van der Waals surface area contributed by atoms with E-state index in [0.717, 1.165) is 17.7 Å². The van der Waals surface area contributed by atoms with Gasteiger partial charge in [-0.3, -0.25) is 4.79 Å². The highest BCUT2D eigenvalue weighted by molar-refractivity contribution is 7.89. The standard InChI is InChI=1S/C19H22F2N2O3S/c1-3-23(4-2)27(25,26)16-8-5-14(6-9-16)11-12-22-19(24)17-10-7-15(20)13-18(17)21/h5-10,13H,3-4,11-12H2,1-2H3,(H,22,24). The second-order valence-electron chi connectivity index (χ2n) is 5.86. The van der Waals surface area contributed by atoms with Crippen LogP contribution in [0.4, 0.5) is 8.78 Å². The van der Waals surface area contributed by atoms with Crippen LogP contribution in [0.1, 0.15) is 29.8 Å². The second kappa shape index (κ2) is 9.05. The van der Waals surface area contributed by atoms with Crippen LogP contribution in [-0.2, 0) is 16.4 Å². The highest BCUT2D eigenvalue weighted by Gasteiger charge is 2.21. The molecular formula is C19H22F2N2O3S. The Hall–Kier alpha value is -2.32. The molecule has 146 valence electrons. The Morgan fingerprint density at radius 2 is 1.67 bits per heavy atom. The fraction of sp³-hybridized carbons (Fsp3) is 0.316. The lowest BCUT2D eigenvalue weighted by Crippen LogP contribution is -2.30. The summed E-state index contributed by atoms with van der Waals surface area (Å²) in [7, 11) is -3.50. The van der Waals surface area contributed by atoms with Crippen LogP contribution in [-0.4, -0.2) is 38.3 Å². The zero-order chi connectivity index (χ0) is 20.0. The number of halogens is 2. The van der Waals surface area contributed by atoms with Crippen LogP contribution in [0.3, 0.4) is 0 Å². The van der Waals surface area contributed by atoms with Gasteiger partial charge in [-0.05, 0) is 36.2 Å². The smallest absolute Gasteiger partial charge is 0.254 e. The van der Waals surface area contributed by atoms with Gasteiger partial charge in [-0.15, -0.1) is 0 Å². The zero-order valence-corrected chi connectivity index (χ0v) is 16.0. The molecule has 8 heteroatoms. The van der Waals surface area contributed by atoms with E-state index >= 15 is 0 Å². The Labute approximate surface area is 158 Å². The summed E-state index contributed by atoms with van der Waals surface area (Å²) in [6.45, 7) is 4.58. The lowest BCUT2D eigenvalue weighted by molar-refractivity contribution is 0.0950. The van der Waals surface area contributed by atoms with Crippen molar-refractivity contribution in [2.24, 2.45) is 0 Å². The number of sulfonamides is 1. The third-order valence-corrected chi connectivity index (χ3v) is 6.21. The first kappa shape index (κ1) is 21.0. The highest BCUT2D eigenvalue weighted by Crippen LogP contribution is 2.16. The van der Waals surface area contributed by atoms with Crippen molar-refractivity contribution in [1.82, 2.24) is 9.62 Å². The maximum Gasteiger partial charge on any atom is 0.254 e. The molecule has 2 rings (SSSR count). The summed E-state index contributed by atoms with van der Waals surface area (Å²) in [5.74, 6) is -2.30. The van der Waals surface area contributed by atoms with E-state index in [-0.39, 0.29) is 17.0 Å². The van der Waals surface area contributed by atoms with Crippen molar-refractivity contribution in [1.29, 1.82) is 0 Å². The van der Waals surface area contributed by atoms with Crippen molar-refractivity contribution in [3.63, 3.8) is 0 Å². The van der Waals surface area contributed by atoms with Crippen LogP contribution in [0.25, 0.3) is 0 Å². The first-order valence-corrected chi connectivity index (χ1v) is 10.1. The molecule has 1 amide bonds. The molecule has 0 bridgehead atoms. The molecule has 5 nitrogen and oxygen atoms in total. The van der Waals surface area contributed by atoms with Gasteiger partial charge in [0.1, 0.15) is 11.6 Å². The second-order valence-corrected chi connectivity index (χ2v) is 7.80. The van der Waals surface area contributed by atoms with Crippen LogP contribution >= 0.6 is 0 Å². The minimum Gasteiger partial charge on any atom is -0.352 e. The third kappa shape index (κ3) is 5.11. The molecule has 0 aromatic heterocycles. The molecule has 0 fully saturated rings. The number of nitrogens with zero attached hydrogens (tertiary/aromatic N) is 1. The van der Waals surface area contributed by atoms with Gasteiger partial charge in [0.15, 0.2) is 0 Å². The minimum absolute atomic E-state index is 0.215. The molecule has 0 aliphatic carbocycles. The Balaban J connectivity index is 1.96. The summed E-state index contributed by atoms with van der Waals surface area (Å²) < 4.78 is 52.7. The monoisotopic (exact) mass is 396 g/mol. The topological polar surface area (TPSA) is 66.5 Å². The average Bonchev–Trinajstić information content (AvgIpc) is 2.62. The summed E-state index contributed by atoms with van der Waals surface area (Å²) in [5.41, 5.74) is 0.602. The summed E-state index contributed by atoms with van der Waals surface area (Å²) in [6, 6.07) is 9.20. The van der Waals surface area contributed by atoms with Crippen molar-refractivity contribution in [3.8, 4) is 0 Å². The maximum atomic E-state index is 13.6. The first-order chi connectivity index (χ1) is 12.8. The van der Waals surface area contributed by atoms with E-state index in [1.807, 2.05) is 0 Å². The van der Waals surface area contributed by atoms with Crippen LogP contribution in [0.2, 0.25) is 0 Å². The van der Waals surface area contributed by atoms with E-state index in [1.54, 1.807) is 26.0 Å². The molecule has 0 aliphatic heterocycles. The number of amides is 1. The lowest BCUT2D eigenvalue weighted by Gasteiger charge is -2.18. The van der Waals surface area contributed by atoms with Gasteiger partial charge in [-0.1, -0.05) is 26.0 Å². The van der Waals surface area contributed by atoms with E-state index in [1.165, 1.54) is 16.4 Å². The fourth-order valence-corrected chi connectivity index (χ4v) is 4.09. The van der Waals surface area contributed by atoms with Gasteiger partial charge in [-0.2, -0.15) is 4.31 Å². The largest absolute Gasteiger partial charge is 0.352 e. The molecule has 0 heterocycles. The third-order valence-electron chi connectivity index (χ3n) is 4.14. The number of carbonyl (C=O) groups is 1. The predicted octanol–water partition coefficient (Wildman–Crippen LogP) is 2.97. The molecular weight excluding hydrogens is 374 g/mol. The Morgan fingerprint density at radius 1 is 1.04 bits per heavy atom. The van der Waals surface area contributed by atoms with Crippen LogP contribution in [0, 0.1) is 11.6 Å². The lowest BCUT2D eigenvalue weighted by atomic mass is 10.1. The number of rotatable bonds is 8. The van der Waals surface area contributed by atoms with Gasteiger partial charge in [0.05, 0.1) is 10.5 Å². The Kier molecular flexibility index (Phi) is 7.04. The van der Waals surface area contributed by atoms with E-state index in [4.69, 9.17) is 0 Å². The Bertz CT molecular complexity index is 896. The first-order valence-electron chi connectivity index (χ1n) is 8.62. The maximum absolute atomic E-state index is 13.6. The van der Waals surface area contributed by atoms with E-state index in [0.29, 0.717) is 25.6 Å². The highest BCUT2D eigenvalue weighted by atomic mass is 32.2. The molecule has 2 aromatic rings. The van der Waals surface area contributed by atoms with Crippen molar-refractivity contribution < 1.29 is 22.0 Å². The molecule has 0 unspecified atom stereocenters. The molecule has 0 spiro atoms. The molecule has 27 heavy (non-hydrogen) atoms. The van der Waals surface area contributed by atoms with Crippen molar-refractivity contribution in [2.75, 3.05) is 19.6 Å². The molecule has 0 aliphatic rings. The van der Waals surface area contributed by atoms with Gasteiger partial charge < -0.3 is 5.32 Å². The van der Waals surface area contributed by atoms with Crippen LogP contribution < -0.4 is 5.32 Å². The average molecular weight is 396 g/mol. The molecule has 1 N–H and O–H groups in total. The van der Waals surface area contributed by atoms with Gasteiger partial charge in [-0.25, -0.2) is 17.2 Å². The number of hydrogen-bond donors (Lipinski definition) is 1. The van der Waals surface area contributed by atoms with Gasteiger partial charge in [0, 0.05) is 25.7 Å². The van der Waals surface area contributed by atoms with E-state index in [9.17, 15) is 22.0 Å². The van der Waals surface area contributed by atoms with E-state index < -0.39 is 27.6 Å². The SMILES string of the molecule is CCN(CC)S(=O)(=O)c1ccc(CCNC(=O)c2ccc(F)cc2F)cc1. The number of benzene rings is 2. The van der Waals surface area contributed by atoms with Gasteiger partial charge in [0.2, 0.25) is 10.0 Å². The van der Waals surface area contributed by atoms with Crippen LogP contribution in [0.5, 0.6) is 0 Å². The number of hydrogen-bond acceptors (Lipinski definition) is 3. The van der Waals surface area contributed by atoms with Gasteiger partial charge >= 0.3 is 0 Å². The summed E-state index contributed by atoms with van der Waals surface area (Å²) in [5, 5.41) is 2.56. The van der Waals surface area contributed by atoms with Crippen molar-refractivity contribution in [2.45, 2.75) is 25.2 Å².